The van der Waals surface area contributed by atoms with Crippen molar-refractivity contribution in [3.63, 3.8) is 0 Å². The first-order valence-corrected chi connectivity index (χ1v) is 19.6. The molecule has 1 aromatic heterocycles. The lowest BCUT2D eigenvalue weighted by Crippen LogP contribution is -2.02. The van der Waals surface area contributed by atoms with Gasteiger partial charge in [-0.1, -0.05) is 154 Å². The Hall–Kier alpha value is -4.89. The molecule has 0 N–H and O–H groups in total. The fourth-order valence-corrected chi connectivity index (χ4v) is 7.33. The highest BCUT2D eigenvalue weighted by Gasteiger charge is 2.15. The number of aromatic nitrogens is 3. The zero-order valence-corrected chi connectivity index (χ0v) is 32.2. The zero-order chi connectivity index (χ0) is 36.5. The summed E-state index contributed by atoms with van der Waals surface area (Å²) in [5.74, 6) is 2.13. The molecule has 266 valence electrons. The molecule has 0 spiro atoms. The molecule has 3 nitrogen and oxygen atoms in total. The van der Waals surface area contributed by atoms with Crippen LogP contribution in [-0.4, -0.2) is 15.0 Å². The molecule has 3 heteroatoms. The number of hydrogen-bond donors (Lipinski definition) is 0. The monoisotopic (exact) mass is 685 g/mol. The van der Waals surface area contributed by atoms with Gasteiger partial charge in [-0.3, -0.25) is 0 Å². The number of aryl methyl sites for hydroxylation is 6. The van der Waals surface area contributed by atoms with Crippen LogP contribution in [-0.2, 0) is 12.8 Å². The Balaban J connectivity index is 1.42. The topological polar surface area (TPSA) is 38.7 Å². The van der Waals surface area contributed by atoms with Gasteiger partial charge in [0.25, 0.3) is 0 Å². The van der Waals surface area contributed by atoms with Gasteiger partial charge >= 0.3 is 0 Å². The fourth-order valence-electron chi connectivity index (χ4n) is 7.33. The van der Waals surface area contributed by atoms with Crippen molar-refractivity contribution < 1.29 is 0 Å². The van der Waals surface area contributed by atoms with Gasteiger partial charge in [0.15, 0.2) is 17.5 Å². The van der Waals surface area contributed by atoms with Gasteiger partial charge in [-0.15, -0.1) is 0 Å². The summed E-state index contributed by atoms with van der Waals surface area (Å²) in [7, 11) is 0. The van der Waals surface area contributed by atoms with Crippen molar-refractivity contribution in [1.29, 1.82) is 0 Å². The van der Waals surface area contributed by atoms with Crippen molar-refractivity contribution in [2.24, 2.45) is 0 Å². The lowest BCUT2D eigenvalue weighted by molar-refractivity contribution is 0.661. The Morgan fingerprint density at radius 2 is 0.750 bits per heavy atom. The lowest BCUT2D eigenvalue weighted by atomic mass is 9.97. The minimum atomic E-state index is 0.698. The second kappa shape index (κ2) is 17.6. The van der Waals surface area contributed by atoms with Crippen LogP contribution in [0.1, 0.15) is 98.6 Å². The molecular formula is C49H55N3. The van der Waals surface area contributed by atoms with Crippen LogP contribution in [0.2, 0.25) is 0 Å². The SMILES string of the molecule is CCCCCCc1cc(CCCCCC)cc(-c2nc(-c3ccc(-c4ccc(C)cc4C)cc3)nc(-c3ccc(-c4ccc(C)cc4C)cc3)n2)c1. The standard InChI is InChI=1S/C49H55N3/c1-7-9-11-13-15-38-31-39(16-14-12-10-8-2)33-44(32-38)49-51-47(42-23-19-40(20-24-42)45-27-17-34(3)29-36(45)5)50-48(52-49)43-25-21-41(22-26-43)46-28-18-35(4)30-37(46)6/h17-33H,7-16H2,1-6H3. The normalized spacial score (nSPS) is 11.3. The Labute approximate surface area is 312 Å². The summed E-state index contributed by atoms with van der Waals surface area (Å²) in [5.41, 5.74) is 15.8. The van der Waals surface area contributed by atoms with Crippen molar-refractivity contribution in [3.05, 3.63) is 137 Å². The first-order valence-electron chi connectivity index (χ1n) is 19.6. The van der Waals surface area contributed by atoms with E-state index in [-0.39, 0.29) is 0 Å². The zero-order valence-electron chi connectivity index (χ0n) is 32.2. The van der Waals surface area contributed by atoms with Gasteiger partial charge in [0, 0.05) is 16.7 Å². The Morgan fingerprint density at radius 3 is 1.13 bits per heavy atom. The molecule has 0 atom stereocenters. The van der Waals surface area contributed by atoms with Crippen molar-refractivity contribution in [1.82, 2.24) is 15.0 Å². The molecule has 0 unspecified atom stereocenters. The van der Waals surface area contributed by atoms with Crippen LogP contribution in [0.25, 0.3) is 56.4 Å². The highest BCUT2D eigenvalue weighted by molar-refractivity contribution is 5.74. The van der Waals surface area contributed by atoms with Gasteiger partial charge in [0.05, 0.1) is 0 Å². The van der Waals surface area contributed by atoms with Crippen LogP contribution in [0.3, 0.4) is 0 Å². The lowest BCUT2D eigenvalue weighted by Gasteiger charge is -2.13. The smallest absolute Gasteiger partial charge is 0.164 e. The highest BCUT2D eigenvalue weighted by Crippen LogP contribution is 2.31. The molecule has 0 saturated heterocycles. The molecule has 0 aliphatic carbocycles. The quantitative estimate of drug-likeness (QED) is 0.101. The van der Waals surface area contributed by atoms with E-state index in [0.29, 0.717) is 11.6 Å². The Bertz CT molecular complexity index is 1950. The number of hydrogen-bond acceptors (Lipinski definition) is 3. The van der Waals surface area contributed by atoms with Crippen LogP contribution >= 0.6 is 0 Å². The predicted octanol–water partition coefficient (Wildman–Crippen LogP) is 13.7. The van der Waals surface area contributed by atoms with E-state index in [9.17, 15) is 0 Å². The molecule has 0 saturated carbocycles. The number of rotatable bonds is 15. The largest absolute Gasteiger partial charge is 0.208 e. The third-order valence-electron chi connectivity index (χ3n) is 10.3. The second-order valence-corrected chi connectivity index (χ2v) is 14.8. The molecule has 5 aromatic carbocycles. The van der Waals surface area contributed by atoms with Gasteiger partial charge in [-0.05, 0) is 110 Å². The number of benzene rings is 5. The van der Waals surface area contributed by atoms with Gasteiger partial charge in [0.2, 0.25) is 0 Å². The maximum Gasteiger partial charge on any atom is 0.164 e. The average Bonchev–Trinajstić information content (AvgIpc) is 3.15. The molecule has 1 heterocycles. The maximum atomic E-state index is 5.20. The van der Waals surface area contributed by atoms with Crippen molar-refractivity contribution >= 4 is 0 Å². The third-order valence-corrected chi connectivity index (χ3v) is 10.3. The minimum absolute atomic E-state index is 0.698. The summed E-state index contributed by atoms with van der Waals surface area (Å²) in [5, 5.41) is 0. The Kier molecular flexibility index (Phi) is 12.5. The summed E-state index contributed by atoms with van der Waals surface area (Å²) in [6, 6.07) is 37.8. The molecule has 6 aromatic rings. The van der Waals surface area contributed by atoms with E-state index in [0.717, 1.165) is 35.4 Å². The summed E-state index contributed by atoms with van der Waals surface area (Å²) in [6.45, 7) is 13.2. The highest BCUT2D eigenvalue weighted by atomic mass is 15.0. The second-order valence-electron chi connectivity index (χ2n) is 14.8. The number of unbranched alkanes of at least 4 members (excludes halogenated alkanes) is 6. The minimum Gasteiger partial charge on any atom is -0.208 e. The fraction of sp³-hybridized carbons (Fsp3) is 0.327. The van der Waals surface area contributed by atoms with Crippen LogP contribution in [0, 0.1) is 27.7 Å². The molecule has 0 aliphatic rings. The first-order chi connectivity index (χ1) is 25.3. The predicted molar refractivity (Wildman–Crippen MR) is 222 cm³/mol. The van der Waals surface area contributed by atoms with Gasteiger partial charge in [0.1, 0.15) is 0 Å². The molecule has 6 rings (SSSR count). The van der Waals surface area contributed by atoms with E-state index in [1.807, 2.05) is 0 Å². The molecule has 0 aliphatic heterocycles. The van der Waals surface area contributed by atoms with Crippen molar-refractivity contribution in [2.45, 2.75) is 106 Å². The van der Waals surface area contributed by atoms with Gasteiger partial charge in [-0.2, -0.15) is 0 Å². The van der Waals surface area contributed by atoms with E-state index in [1.165, 1.54) is 107 Å². The van der Waals surface area contributed by atoms with Crippen LogP contribution in [0.15, 0.2) is 103 Å². The molecule has 0 amide bonds. The molecular weight excluding hydrogens is 631 g/mol. The summed E-state index contributed by atoms with van der Waals surface area (Å²) in [6.07, 6.45) is 12.2. The van der Waals surface area contributed by atoms with Crippen LogP contribution in [0.4, 0.5) is 0 Å². The molecule has 52 heavy (non-hydrogen) atoms. The van der Waals surface area contributed by atoms with Gasteiger partial charge < -0.3 is 0 Å². The van der Waals surface area contributed by atoms with E-state index in [2.05, 4.69) is 145 Å². The molecule has 0 radical (unpaired) electrons. The first kappa shape index (κ1) is 36.9. The average molecular weight is 686 g/mol. The maximum absolute atomic E-state index is 5.20. The summed E-state index contributed by atoms with van der Waals surface area (Å²) in [4.78, 5) is 15.5. The Morgan fingerprint density at radius 1 is 0.365 bits per heavy atom. The van der Waals surface area contributed by atoms with Gasteiger partial charge in [-0.25, -0.2) is 15.0 Å². The van der Waals surface area contributed by atoms with E-state index in [4.69, 9.17) is 15.0 Å². The number of nitrogens with zero attached hydrogens (tertiary/aromatic N) is 3. The summed E-state index contributed by atoms with van der Waals surface area (Å²) >= 11 is 0. The van der Waals surface area contributed by atoms with E-state index in [1.54, 1.807) is 0 Å². The van der Waals surface area contributed by atoms with Crippen molar-refractivity contribution in [3.8, 4) is 56.4 Å². The molecule has 0 fully saturated rings. The van der Waals surface area contributed by atoms with Crippen LogP contribution < -0.4 is 0 Å². The van der Waals surface area contributed by atoms with E-state index >= 15 is 0 Å². The van der Waals surface area contributed by atoms with Crippen molar-refractivity contribution in [2.75, 3.05) is 0 Å². The molecule has 0 bridgehead atoms. The van der Waals surface area contributed by atoms with Crippen LogP contribution in [0.5, 0.6) is 0 Å². The summed E-state index contributed by atoms with van der Waals surface area (Å²) < 4.78 is 0. The van der Waals surface area contributed by atoms with E-state index < -0.39 is 0 Å². The third kappa shape index (κ3) is 9.31.